The number of ether oxygens (including phenoxy) is 1. The van der Waals surface area contributed by atoms with Crippen molar-refractivity contribution < 1.29 is 27.5 Å². The van der Waals surface area contributed by atoms with Crippen LogP contribution in [0.15, 0.2) is 41.6 Å². The molecule has 1 heterocycles. The van der Waals surface area contributed by atoms with E-state index in [1.807, 2.05) is 22.6 Å². The number of nitrogens with zero attached hydrogens (tertiary/aromatic N) is 1. The second-order valence-electron chi connectivity index (χ2n) is 8.47. The highest BCUT2D eigenvalue weighted by atomic mass is 127. The van der Waals surface area contributed by atoms with Crippen LogP contribution >= 0.6 is 34.2 Å². The van der Waals surface area contributed by atoms with Crippen molar-refractivity contribution in [3.63, 3.8) is 0 Å². The van der Waals surface area contributed by atoms with E-state index in [2.05, 4.69) is 10.5 Å². The molecule has 0 aromatic heterocycles. The summed E-state index contributed by atoms with van der Waals surface area (Å²) in [7, 11) is 0. The summed E-state index contributed by atoms with van der Waals surface area (Å²) in [5.41, 5.74) is -2.05. The number of hydrogen-bond donors (Lipinski definition) is 1. The van der Waals surface area contributed by atoms with Crippen molar-refractivity contribution in [2.24, 2.45) is 5.16 Å². The number of anilines is 1. The Bertz CT molecular complexity index is 1060. The van der Waals surface area contributed by atoms with Gasteiger partial charge in [0.2, 0.25) is 0 Å². The van der Waals surface area contributed by atoms with Crippen LogP contribution in [0.5, 0.6) is 0 Å². The van der Waals surface area contributed by atoms with Crippen LogP contribution < -0.4 is 5.32 Å². The lowest BCUT2D eigenvalue weighted by Crippen LogP contribution is -2.42. The van der Waals surface area contributed by atoms with Crippen LogP contribution in [-0.4, -0.2) is 23.6 Å². The molecular weight excluding hydrogens is 560 g/mol. The number of halogens is 5. The van der Waals surface area contributed by atoms with E-state index in [0.29, 0.717) is 14.7 Å². The molecule has 2 aromatic carbocycles. The minimum absolute atomic E-state index is 0.0192. The Morgan fingerprint density at radius 1 is 1.22 bits per heavy atom. The van der Waals surface area contributed by atoms with E-state index in [-0.39, 0.29) is 22.0 Å². The van der Waals surface area contributed by atoms with Gasteiger partial charge in [-0.3, -0.25) is 5.32 Å². The number of nitrogens with one attached hydrogen (secondary N) is 1. The maximum absolute atomic E-state index is 14.2. The zero-order valence-electron chi connectivity index (χ0n) is 17.7. The molecule has 5 nitrogen and oxygen atoms in total. The zero-order valence-corrected chi connectivity index (χ0v) is 20.6. The van der Waals surface area contributed by atoms with Gasteiger partial charge >= 0.3 is 12.3 Å². The Hall–Kier alpha value is -2.01. The SMILES string of the molecule is Cc1cc(I)cc(C2(C(F)(F)F)CC(c3ccc(Cl)c(NC(=O)OC(C)(C)C)c3)=NO2)c1. The molecule has 3 rings (SSSR count). The third-order valence-electron chi connectivity index (χ3n) is 4.63. The highest BCUT2D eigenvalue weighted by Crippen LogP contribution is 2.49. The van der Waals surface area contributed by atoms with Gasteiger partial charge in [0.15, 0.2) is 0 Å². The summed E-state index contributed by atoms with van der Waals surface area (Å²) in [4.78, 5) is 17.2. The Kier molecular flexibility index (Phi) is 6.72. The van der Waals surface area contributed by atoms with E-state index in [9.17, 15) is 18.0 Å². The molecular formula is C22H21ClF3IN2O3. The molecule has 1 amide bonds. The summed E-state index contributed by atoms with van der Waals surface area (Å²) >= 11 is 8.13. The summed E-state index contributed by atoms with van der Waals surface area (Å²) in [6, 6.07) is 9.11. The van der Waals surface area contributed by atoms with Crippen LogP contribution in [0, 0.1) is 10.5 Å². The number of amides is 1. The number of rotatable bonds is 3. The van der Waals surface area contributed by atoms with Gasteiger partial charge in [0.1, 0.15) is 5.60 Å². The molecule has 10 heteroatoms. The first-order valence-corrected chi connectivity index (χ1v) is 11.1. The summed E-state index contributed by atoms with van der Waals surface area (Å²) in [5, 5.41) is 6.50. The Morgan fingerprint density at radius 3 is 2.50 bits per heavy atom. The first kappa shape index (κ1) is 24.6. The highest BCUT2D eigenvalue weighted by molar-refractivity contribution is 14.1. The second kappa shape index (κ2) is 8.74. The van der Waals surface area contributed by atoms with Crippen LogP contribution in [-0.2, 0) is 15.2 Å². The van der Waals surface area contributed by atoms with Gasteiger partial charge in [0.05, 0.1) is 16.4 Å². The number of carbonyl (C=O) groups excluding carboxylic acids is 1. The third-order valence-corrected chi connectivity index (χ3v) is 5.58. The molecule has 1 aliphatic rings. The molecule has 0 aliphatic carbocycles. The third kappa shape index (κ3) is 5.31. The van der Waals surface area contributed by atoms with Crippen LogP contribution in [0.3, 0.4) is 0 Å². The van der Waals surface area contributed by atoms with E-state index in [1.165, 1.54) is 30.3 Å². The van der Waals surface area contributed by atoms with Gasteiger partial charge in [-0.2, -0.15) is 13.2 Å². The smallest absolute Gasteiger partial charge is 0.435 e. The predicted octanol–water partition coefficient (Wildman–Crippen LogP) is 7.18. The van der Waals surface area contributed by atoms with Gasteiger partial charge < -0.3 is 9.57 Å². The van der Waals surface area contributed by atoms with Gasteiger partial charge in [-0.05, 0) is 80.1 Å². The minimum atomic E-state index is -4.71. The number of hydrogen-bond acceptors (Lipinski definition) is 4. The maximum atomic E-state index is 14.2. The molecule has 0 radical (unpaired) electrons. The Balaban J connectivity index is 1.92. The molecule has 172 valence electrons. The number of aryl methyl sites for hydroxylation is 1. The average molecular weight is 581 g/mol. The van der Waals surface area contributed by atoms with E-state index >= 15 is 0 Å². The molecule has 1 unspecified atom stereocenters. The Labute approximate surface area is 202 Å². The van der Waals surface area contributed by atoms with E-state index < -0.39 is 29.9 Å². The van der Waals surface area contributed by atoms with Gasteiger partial charge in [0.25, 0.3) is 5.60 Å². The molecule has 0 saturated heterocycles. The first-order valence-electron chi connectivity index (χ1n) is 9.59. The summed E-state index contributed by atoms with van der Waals surface area (Å²) in [6.45, 7) is 6.84. The fourth-order valence-corrected chi connectivity index (χ4v) is 4.23. The van der Waals surface area contributed by atoms with Crippen molar-refractivity contribution in [2.45, 2.75) is 51.5 Å². The van der Waals surface area contributed by atoms with Crippen molar-refractivity contribution in [2.75, 3.05) is 5.32 Å². The molecule has 0 bridgehead atoms. The monoisotopic (exact) mass is 580 g/mol. The van der Waals surface area contributed by atoms with E-state index in [4.69, 9.17) is 21.2 Å². The highest BCUT2D eigenvalue weighted by Gasteiger charge is 2.62. The fraction of sp³-hybridized carbons (Fsp3) is 0.364. The molecule has 32 heavy (non-hydrogen) atoms. The van der Waals surface area contributed by atoms with Crippen LogP contribution in [0.4, 0.5) is 23.7 Å². The van der Waals surface area contributed by atoms with Crippen molar-refractivity contribution in [1.29, 1.82) is 0 Å². The number of alkyl halides is 3. The van der Waals surface area contributed by atoms with Gasteiger partial charge in [0, 0.05) is 21.1 Å². The van der Waals surface area contributed by atoms with Crippen LogP contribution in [0.25, 0.3) is 0 Å². The van der Waals surface area contributed by atoms with E-state index in [1.54, 1.807) is 33.8 Å². The van der Waals surface area contributed by atoms with Crippen LogP contribution in [0.2, 0.25) is 5.02 Å². The van der Waals surface area contributed by atoms with Crippen molar-refractivity contribution in [3.05, 3.63) is 61.7 Å². The maximum Gasteiger partial charge on any atom is 0.435 e. The quantitative estimate of drug-likeness (QED) is 0.391. The molecule has 0 spiro atoms. The van der Waals surface area contributed by atoms with Gasteiger partial charge in [-0.1, -0.05) is 28.9 Å². The number of oxime groups is 1. The van der Waals surface area contributed by atoms with E-state index in [0.717, 1.165) is 0 Å². The number of carbonyl (C=O) groups is 1. The van der Waals surface area contributed by atoms with Gasteiger partial charge in [-0.15, -0.1) is 0 Å². The molecule has 1 N–H and O–H groups in total. The standard InChI is InChI=1S/C22H21ClF3IN2O3/c1-12-7-14(10-15(27)8-12)21(22(24,25)26)11-18(29-32-21)13-5-6-16(23)17(9-13)28-19(30)31-20(2,3)4/h5-10H,11H2,1-4H3,(H,28,30). The lowest BCUT2D eigenvalue weighted by molar-refractivity contribution is -0.275. The first-order chi connectivity index (χ1) is 14.7. The molecule has 1 atom stereocenters. The van der Waals surface area contributed by atoms with Crippen molar-refractivity contribution in [1.82, 2.24) is 0 Å². The Morgan fingerprint density at radius 2 is 1.91 bits per heavy atom. The minimum Gasteiger partial charge on any atom is -0.444 e. The van der Waals surface area contributed by atoms with Crippen molar-refractivity contribution >= 4 is 51.7 Å². The zero-order chi connectivity index (χ0) is 23.9. The summed E-state index contributed by atoms with van der Waals surface area (Å²) in [5.74, 6) is 0. The predicted molar refractivity (Wildman–Crippen MR) is 125 cm³/mol. The average Bonchev–Trinajstić information content (AvgIpc) is 3.08. The molecule has 2 aromatic rings. The largest absolute Gasteiger partial charge is 0.444 e. The van der Waals surface area contributed by atoms with Crippen LogP contribution in [0.1, 0.15) is 43.9 Å². The normalized spacial score (nSPS) is 18.7. The molecule has 1 aliphatic heterocycles. The number of benzene rings is 2. The van der Waals surface area contributed by atoms with Crippen molar-refractivity contribution in [3.8, 4) is 0 Å². The topological polar surface area (TPSA) is 59.9 Å². The summed E-state index contributed by atoms with van der Waals surface area (Å²) < 4.78 is 48.6. The summed E-state index contributed by atoms with van der Waals surface area (Å²) in [6.07, 6.45) is -5.97. The lowest BCUT2D eigenvalue weighted by Gasteiger charge is -2.30. The lowest BCUT2D eigenvalue weighted by atomic mass is 9.86. The fourth-order valence-electron chi connectivity index (χ4n) is 3.24. The second-order valence-corrected chi connectivity index (χ2v) is 10.1. The van der Waals surface area contributed by atoms with Gasteiger partial charge in [-0.25, -0.2) is 4.79 Å². The molecule has 0 fully saturated rings. The molecule has 0 saturated carbocycles.